The number of urea groups is 1. The summed E-state index contributed by atoms with van der Waals surface area (Å²) in [5, 5.41) is 3.50. The molecule has 0 spiro atoms. The second kappa shape index (κ2) is 8.32. The van der Waals surface area contributed by atoms with Crippen molar-refractivity contribution in [1.29, 1.82) is 0 Å². The van der Waals surface area contributed by atoms with E-state index in [9.17, 15) is 9.59 Å². The first-order valence-electron chi connectivity index (χ1n) is 9.52. The van der Waals surface area contributed by atoms with E-state index in [1.165, 1.54) is 0 Å². The van der Waals surface area contributed by atoms with Gasteiger partial charge in [-0.25, -0.2) is 9.78 Å². The number of nitrogens with zero attached hydrogens (tertiary/aromatic N) is 3. The van der Waals surface area contributed by atoms with E-state index < -0.39 is 0 Å². The summed E-state index contributed by atoms with van der Waals surface area (Å²) >= 11 is 0. The lowest BCUT2D eigenvalue weighted by Crippen LogP contribution is -2.49. The first kappa shape index (κ1) is 18.9. The van der Waals surface area contributed by atoms with Gasteiger partial charge in [0.2, 0.25) is 0 Å². The van der Waals surface area contributed by atoms with Crippen molar-refractivity contribution in [2.24, 2.45) is 0 Å². The van der Waals surface area contributed by atoms with Crippen molar-refractivity contribution < 1.29 is 9.53 Å². The standard InChI is InChI=1S/C21H23N5O3/c1-29-16-8-6-15(7-9-16)22-21(28)26-12-10-25(11-13-26)14-19-23-18-5-3-2-4-17(18)20(27)24-19/h2-9H,10-14H2,1H3,(H,22,28)(H,23,24,27). The molecule has 2 heterocycles. The summed E-state index contributed by atoms with van der Waals surface area (Å²) in [6, 6.07) is 14.4. The monoisotopic (exact) mass is 393 g/mol. The number of hydrogen-bond donors (Lipinski definition) is 2. The Balaban J connectivity index is 1.33. The van der Waals surface area contributed by atoms with Crippen LogP contribution in [0, 0.1) is 0 Å². The van der Waals surface area contributed by atoms with Crippen LogP contribution < -0.4 is 15.6 Å². The number of nitrogens with one attached hydrogen (secondary N) is 2. The highest BCUT2D eigenvalue weighted by Gasteiger charge is 2.22. The maximum atomic E-state index is 12.5. The van der Waals surface area contributed by atoms with Crippen LogP contribution in [0.2, 0.25) is 0 Å². The minimum atomic E-state index is -0.122. The topological polar surface area (TPSA) is 90.6 Å². The smallest absolute Gasteiger partial charge is 0.321 e. The van der Waals surface area contributed by atoms with Gasteiger partial charge in [0.15, 0.2) is 0 Å². The molecule has 0 unspecified atom stereocenters. The lowest BCUT2D eigenvalue weighted by molar-refractivity contribution is 0.141. The lowest BCUT2D eigenvalue weighted by Gasteiger charge is -2.34. The van der Waals surface area contributed by atoms with E-state index >= 15 is 0 Å². The van der Waals surface area contributed by atoms with Crippen LogP contribution in [0.25, 0.3) is 10.9 Å². The number of carbonyl (C=O) groups excluding carboxylic acids is 1. The first-order valence-corrected chi connectivity index (χ1v) is 9.52. The zero-order valence-corrected chi connectivity index (χ0v) is 16.2. The fraction of sp³-hybridized carbons (Fsp3) is 0.286. The number of aromatic nitrogens is 2. The van der Waals surface area contributed by atoms with Crippen LogP contribution in [0.15, 0.2) is 53.3 Å². The summed E-state index contributed by atoms with van der Waals surface area (Å²) in [5.41, 5.74) is 1.31. The molecule has 2 amide bonds. The Hall–Kier alpha value is -3.39. The van der Waals surface area contributed by atoms with Crippen molar-refractivity contribution in [3.63, 3.8) is 0 Å². The normalized spacial score (nSPS) is 14.7. The van der Waals surface area contributed by atoms with Crippen LogP contribution in [0.3, 0.4) is 0 Å². The number of aromatic amines is 1. The summed E-state index contributed by atoms with van der Waals surface area (Å²) in [6.07, 6.45) is 0. The molecule has 0 atom stereocenters. The molecule has 0 aliphatic carbocycles. The molecule has 150 valence electrons. The number of methoxy groups -OCH3 is 1. The number of anilines is 1. The van der Waals surface area contributed by atoms with Gasteiger partial charge in [0, 0.05) is 31.9 Å². The fourth-order valence-corrected chi connectivity index (χ4v) is 3.41. The molecule has 8 nitrogen and oxygen atoms in total. The summed E-state index contributed by atoms with van der Waals surface area (Å²) in [6.45, 7) is 3.20. The number of hydrogen-bond acceptors (Lipinski definition) is 5. The van der Waals surface area contributed by atoms with E-state index in [2.05, 4.69) is 20.2 Å². The van der Waals surface area contributed by atoms with E-state index in [0.29, 0.717) is 49.5 Å². The third kappa shape index (κ3) is 4.38. The lowest BCUT2D eigenvalue weighted by atomic mass is 10.2. The van der Waals surface area contributed by atoms with Crippen molar-refractivity contribution in [3.8, 4) is 5.75 Å². The minimum absolute atomic E-state index is 0.118. The van der Waals surface area contributed by atoms with Crippen molar-refractivity contribution in [3.05, 3.63) is 64.7 Å². The minimum Gasteiger partial charge on any atom is -0.497 e. The molecule has 1 saturated heterocycles. The molecule has 1 aliphatic heterocycles. The molecule has 2 aromatic carbocycles. The Morgan fingerprint density at radius 3 is 2.55 bits per heavy atom. The zero-order chi connectivity index (χ0) is 20.2. The molecule has 0 bridgehead atoms. The van der Waals surface area contributed by atoms with E-state index in [0.717, 1.165) is 11.4 Å². The van der Waals surface area contributed by atoms with E-state index in [1.54, 1.807) is 18.1 Å². The summed E-state index contributed by atoms with van der Waals surface area (Å²) in [4.78, 5) is 36.1. The summed E-state index contributed by atoms with van der Waals surface area (Å²) in [7, 11) is 1.61. The number of piperazine rings is 1. The van der Waals surface area contributed by atoms with Crippen molar-refractivity contribution in [2.75, 3.05) is 38.6 Å². The second-order valence-electron chi connectivity index (χ2n) is 6.95. The Morgan fingerprint density at radius 1 is 1.10 bits per heavy atom. The van der Waals surface area contributed by atoms with E-state index in [4.69, 9.17) is 4.74 Å². The van der Waals surface area contributed by atoms with Crippen LogP contribution >= 0.6 is 0 Å². The van der Waals surface area contributed by atoms with Crippen LogP contribution in [-0.2, 0) is 6.54 Å². The Morgan fingerprint density at radius 2 is 1.83 bits per heavy atom. The first-order chi connectivity index (χ1) is 14.1. The molecule has 2 N–H and O–H groups in total. The highest BCUT2D eigenvalue weighted by Crippen LogP contribution is 2.16. The number of carbonyl (C=O) groups is 1. The molecule has 1 aliphatic rings. The van der Waals surface area contributed by atoms with Crippen LogP contribution in [0.5, 0.6) is 5.75 Å². The SMILES string of the molecule is COc1ccc(NC(=O)N2CCN(Cc3nc4ccccc4c(=O)[nH]3)CC2)cc1. The van der Waals surface area contributed by atoms with Gasteiger partial charge >= 0.3 is 6.03 Å². The van der Waals surface area contributed by atoms with Gasteiger partial charge in [0.05, 0.1) is 24.6 Å². The molecule has 8 heteroatoms. The largest absolute Gasteiger partial charge is 0.497 e. The highest BCUT2D eigenvalue weighted by atomic mass is 16.5. The maximum absolute atomic E-state index is 12.5. The van der Waals surface area contributed by atoms with Gasteiger partial charge in [-0.05, 0) is 36.4 Å². The van der Waals surface area contributed by atoms with Gasteiger partial charge in [-0.2, -0.15) is 0 Å². The Bertz CT molecular complexity index is 1060. The third-order valence-electron chi connectivity index (χ3n) is 5.04. The van der Waals surface area contributed by atoms with E-state index in [-0.39, 0.29) is 11.6 Å². The number of ether oxygens (including phenoxy) is 1. The molecule has 4 rings (SSSR count). The van der Waals surface area contributed by atoms with E-state index in [1.807, 2.05) is 42.5 Å². The summed E-state index contributed by atoms with van der Waals surface area (Å²) in [5.74, 6) is 1.39. The Kier molecular flexibility index (Phi) is 5.44. The van der Waals surface area contributed by atoms with Gasteiger partial charge in [-0.1, -0.05) is 12.1 Å². The molecule has 3 aromatic rings. The molecule has 0 radical (unpaired) electrons. The number of H-pyrrole nitrogens is 1. The van der Waals surface area contributed by atoms with Crippen molar-refractivity contribution in [2.45, 2.75) is 6.54 Å². The summed E-state index contributed by atoms with van der Waals surface area (Å²) < 4.78 is 5.13. The third-order valence-corrected chi connectivity index (χ3v) is 5.04. The predicted octanol–water partition coefficient (Wildman–Crippen LogP) is 2.28. The van der Waals surface area contributed by atoms with Gasteiger partial charge in [-0.15, -0.1) is 0 Å². The quantitative estimate of drug-likeness (QED) is 0.710. The van der Waals surface area contributed by atoms with Gasteiger partial charge < -0.3 is 19.9 Å². The number of para-hydroxylation sites is 1. The number of fused-ring (bicyclic) bond motifs is 1. The molecule has 1 fully saturated rings. The number of benzene rings is 2. The van der Waals surface area contributed by atoms with Gasteiger partial charge in [-0.3, -0.25) is 9.69 Å². The number of amides is 2. The van der Waals surface area contributed by atoms with Crippen LogP contribution in [0.4, 0.5) is 10.5 Å². The number of rotatable bonds is 4. The van der Waals surface area contributed by atoms with Crippen molar-refractivity contribution >= 4 is 22.6 Å². The molecule has 29 heavy (non-hydrogen) atoms. The molecule has 1 aromatic heterocycles. The van der Waals surface area contributed by atoms with Crippen LogP contribution in [-0.4, -0.2) is 59.1 Å². The van der Waals surface area contributed by atoms with Crippen LogP contribution in [0.1, 0.15) is 5.82 Å². The second-order valence-corrected chi connectivity index (χ2v) is 6.95. The zero-order valence-electron chi connectivity index (χ0n) is 16.2. The Labute approximate surface area is 168 Å². The fourth-order valence-electron chi connectivity index (χ4n) is 3.41. The maximum Gasteiger partial charge on any atom is 0.321 e. The van der Waals surface area contributed by atoms with Gasteiger partial charge in [0.1, 0.15) is 11.6 Å². The van der Waals surface area contributed by atoms with Gasteiger partial charge in [0.25, 0.3) is 5.56 Å². The highest BCUT2D eigenvalue weighted by molar-refractivity contribution is 5.89. The van der Waals surface area contributed by atoms with Crippen molar-refractivity contribution in [1.82, 2.24) is 19.8 Å². The predicted molar refractivity (Wildman–Crippen MR) is 111 cm³/mol. The molecular formula is C21H23N5O3. The average Bonchev–Trinajstić information content (AvgIpc) is 2.75. The average molecular weight is 393 g/mol. The molecular weight excluding hydrogens is 370 g/mol. The molecule has 0 saturated carbocycles.